The van der Waals surface area contributed by atoms with Gasteiger partial charge in [0.15, 0.2) is 5.00 Å². The van der Waals surface area contributed by atoms with Crippen LogP contribution in [-0.2, 0) is 0 Å². The highest BCUT2D eigenvalue weighted by Gasteiger charge is 2.13. The molecule has 1 N–H and O–H groups in total. The molecule has 11 nitrogen and oxygen atoms in total. The molecule has 12 heteroatoms. The van der Waals surface area contributed by atoms with Crippen molar-refractivity contribution in [2.75, 3.05) is 5.32 Å². The molecule has 0 spiro atoms. The van der Waals surface area contributed by atoms with Gasteiger partial charge in [0.05, 0.1) is 38.9 Å². The Hall–Kier alpha value is -6.27. The molecule has 0 amide bonds. The summed E-state index contributed by atoms with van der Waals surface area (Å²) in [4.78, 5) is 10.8. The number of benzene rings is 6. The van der Waals surface area contributed by atoms with E-state index in [0.29, 0.717) is 39.0 Å². The molecular weight excluding hydrogens is 647 g/mol. The Bertz CT molecular complexity index is 2490. The summed E-state index contributed by atoms with van der Waals surface area (Å²) < 4.78 is 4.32. The summed E-state index contributed by atoms with van der Waals surface area (Å²) >= 11 is 1.14. The van der Waals surface area contributed by atoms with Gasteiger partial charge in [-0.15, -0.1) is 25.6 Å². The van der Waals surface area contributed by atoms with Gasteiger partial charge in [0, 0.05) is 50.8 Å². The van der Waals surface area contributed by atoms with Crippen LogP contribution in [-0.4, -0.2) is 15.3 Å². The Balaban J connectivity index is 1.12. The lowest BCUT2D eigenvalue weighted by Gasteiger charge is -2.15. The maximum atomic E-state index is 11.2. The monoisotopic (exact) mass is 677 g/mol. The van der Waals surface area contributed by atoms with Crippen LogP contribution < -0.4 is 5.32 Å². The lowest BCUT2D eigenvalue weighted by atomic mass is 10.1. The summed E-state index contributed by atoms with van der Waals surface area (Å²) in [6.45, 7) is 6.26. The second-order valence-corrected chi connectivity index (χ2v) is 12.5. The van der Waals surface area contributed by atoms with E-state index in [0.717, 1.165) is 62.1 Å². The fourth-order valence-electron chi connectivity index (χ4n) is 5.54. The van der Waals surface area contributed by atoms with Crippen LogP contribution in [0.3, 0.4) is 0 Å². The van der Waals surface area contributed by atoms with Gasteiger partial charge in [-0.1, -0.05) is 55.5 Å². The Morgan fingerprint density at radius 3 is 1.92 bits per heavy atom. The highest BCUT2D eigenvalue weighted by molar-refractivity contribution is 7.11. The zero-order chi connectivity index (χ0) is 34.6. The first-order valence-corrected chi connectivity index (χ1v) is 16.8. The second kappa shape index (κ2) is 14.1. The van der Waals surface area contributed by atoms with Gasteiger partial charge in [0.2, 0.25) is 0 Å². The Morgan fingerprint density at radius 1 is 0.700 bits per heavy atom. The van der Waals surface area contributed by atoms with E-state index < -0.39 is 4.92 Å². The highest BCUT2D eigenvalue weighted by atomic mass is 32.1. The minimum absolute atomic E-state index is 0.0170. The van der Waals surface area contributed by atoms with Crippen molar-refractivity contribution in [1.82, 2.24) is 4.37 Å². The van der Waals surface area contributed by atoms with Gasteiger partial charge in [-0.2, -0.15) is 9.49 Å². The minimum atomic E-state index is -0.438. The predicted molar refractivity (Wildman–Crippen MR) is 201 cm³/mol. The van der Waals surface area contributed by atoms with E-state index >= 15 is 0 Å². The lowest BCUT2D eigenvalue weighted by molar-refractivity contribution is -0.384. The molecule has 7 aromatic rings. The lowest BCUT2D eigenvalue weighted by Crippen LogP contribution is -2.13. The Morgan fingerprint density at radius 2 is 1.28 bits per heavy atom. The summed E-state index contributed by atoms with van der Waals surface area (Å²) in [7, 11) is 0. The molecule has 1 heterocycles. The minimum Gasteiger partial charge on any atom is -0.382 e. The van der Waals surface area contributed by atoms with E-state index in [9.17, 15) is 10.1 Å². The molecule has 246 valence electrons. The Labute approximate surface area is 291 Å². The van der Waals surface area contributed by atoms with Gasteiger partial charge >= 0.3 is 0 Å². The summed E-state index contributed by atoms with van der Waals surface area (Å²) in [6.07, 6.45) is 1.03. The van der Waals surface area contributed by atoms with E-state index in [1.54, 1.807) is 6.07 Å². The molecule has 1 aromatic heterocycles. The van der Waals surface area contributed by atoms with Gasteiger partial charge in [0.1, 0.15) is 0 Å². The van der Waals surface area contributed by atoms with Gasteiger partial charge in [-0.25, -0.2) is 0 Å². The van der Waals surface area contributed by atoms with Crippen LogP contribution in [0.25, 0.3) is 32.4 Å². The van der Waals surface area contributed by atoms with E-state index in [-0.39, 0.29) is 5.69 Å². The van der Waals surface area contributed by atoms with Crippen LogP contribution in [0, 0.1) is 17.0 Å². The van der Waals surface area contributed by atoms with Crippen molar-refractivity contribution in [2.24, 2.45) is 30.7 Å². The Kier molecular flexibility index (Phi) is 9.08. The molecule has 0 aliphatic heterocycles. The van der Waals surface area contributed by atoms with E-state index in [2.05, 4.69) is 67.3 Å². The average Bonchev–Trinajstić information content (AvgIpc) is 3.55. The largest absolute Gasteiger partial charge is 0.382 e. The van der Waals surface area contributed by atoms with Gasteiger partial charge < -0.3 is 5.32 Å². The number of non-ortho nitro benzene ring substituents is 1. The molecule has 0 saturated carbocycles. The maximum absolute atomic E-state index is 11.2. The quantitative estimate of drug-likeness (QED) is 0.0872. The summed E-state index contributed by atoms with van der Waals surface area (Å²) in [5.41, 5.74) is 6.10. The molecule has 7 rings (SSSR count). The number of nitrogens with zero attached hydrogens (tertiary/aromatic N) is 8. The number of rotatable bonds is 10. The third-order valence-corrected chi connectivity index (χ3v) is 9.18. The summed E-state index contributed by atoms with van der Waals surface area (Å²) in [6, 6.07) is 34.5. The number of fused-ring (bicyclic) bond motifs is 3. The zero-order valence-corrected chi connectivity index (χ0v) is 28.3. The molecule has 0 radical (unpaired) electrons. The van der Waals surface area contributed by atoms with Crippen molar-refractivity contribution in [3.8, 4) is 0 Å². The molecule has 50 heavy (non-hydrogen) atoms. The number of anilines is 1. The number of hydrogen-bond acceptors (Lipinski definition) is 11. The standard InChI is InChI=1S/C38H31N9O2S/c1-4-24(3)39-33-17-18-35(28-10-6-5-9-27(28)33)43-44-36-20-19-34(29-11-7-8-12-30(29)36)42-40-25-13-15-32(23(2)21-25)41-45-38-31-22-26(47(48)49)14-16-37(31)46-50-38/h5-22,24,39H,4H2,1-3H3. The molecule has 6 aromatic carbocycles. The van der Waals surface area contributed by atoms with Crippen LogP contribution in [0.2, 0.25) is 0 Å². The first-order valence-electron chi connectivity index (χ1n) is 16.1. The third-order valence-electron chi connectivity index (χ3n) is 8.41. The summed E-state index contributed by atoms with van der Waals surface area (Å²) in [5, 5.41) is 47.1. The third kappa shape index (κ3) is 6.69. The molecular formula is C38H31N9O2S. The summed E-state index contributed by atoms with van der Waals surface area (Å²) in [5.74, 6) is 0. The van der Waals surface area contributed by atoms with E-state index in [4.69, 9.17) is 5.11 Å². The van der Waals surface area contributed by atoms with Crippen molar-refractivity contribution in [1.29, 1.82) is 0 Å². The van der Waals surface area contributed by atoms with Crippen molar-refractivity contribution in [3.63, 3.8) is 0 Å². The van der Waals surface area contributed by atoms with Crippen molar-refractivity contribution < 1.29 is 4.92 Å². The van der Waals surface area contributed by atoms with E-state index in [1.807, 2.05) is 79.7 Å². The van der Waals surface area contributed by atoms with Crippen molar-refractivity contribution >= 4 is 88.8 Å². The highest BCUT2D eigenvalue weighted by Crippen LogP contribution is 2.38. The van der Waals surface area contributed by atoms with Gasteiger partial charge in [-0.3, -0.25) is 10.1 Å². The maximum Gasteiger partial charge on any atom is 0.270 e. The SMILES string of the molecule is CCC(C)Nc1ccc(N=Nc2ccc(N=Nc3ccc(N=Nc4snc5ccc([N+](=O)[O-])cc45)c(C)c3)c3ccccc23)c2ccccc12. The molecule has 0 aliphatic rings. The first kappa shape index (κ1) is 32.3. The van der Waals surface area contributed by atoms with Crippen LogP contribution in [0.5, 0.6) is 0 Å². The van der Waals surface area contributed by atoms with Crippen molar-refractivity contribution in [3.05, 3.63) is 125 Å². The van der Waals surface area contributed by atoms with Crippen molar-refractivity contribution in [2.45, 2.75) is 33.2 Å². The number of hydrogen-bond donors (Lipinski definition) is 1. The number of aromatic nitrogens is 1. The number of nitrogens with one attached hydrogen (secondary N) is 1. The fourth-order valence-corrected chi connectivity index (χ4v) is 6.22. The molecule has 0 saturated heterocycles. The van der Waals surface area contributed by atoms with Crippen LogP contribution in [0.4, 0.5) is 44.8 Å². The predicted octanol–water partition coefficient (Wildman–Crippen LogP) is 13.3. The smallest absolute Gasteiger partial charge is 0.270 e. The zero-order valence-electron chi connectivity index (χ0n) is 27.5. The fraction of sp³-hybridized carbons (Fsp3) is 0.132. The van der Waals surface area contributed by atoms with Gasteiger partial charge in [-0.05, 0) is 85.9 Å². The number of nitro groups is 1. The molecule has 1 atom stereocenters. The normalized spacial score (nSPS) is 12.6. The molecule has 1 unspecified atom stereocenters. The average molecular weight is 678 g/mol. The van der Waals surface area contributed by atoms with E-state index in [1.165, 1.54) is 12.1 Å². The molecule has 0 fully saturated rings. The van der Waals surface area contributed by atoms with Gasteiger partial charge in [0.25, 0.3) is 5.69 Å². The number of aryl methyl sites for hydroxylation is 1. The second-order valence-electron chi connectivity index (χ2n) is 11.8. The first-order chi connectivity index (χ1) is 24.4. The molecule has 0 bridgehead atoms. The topological polar surface area (TPSA) is 142 Å². The molecule has 0 aliphatic carbocycles. The van der Waals surface area contributed by atoms with Crippen LogP contribution in [0.1, 0.15) is 25.8 Å². The van der Waals surface area contributed by atoms with Crippen LogP contribution >= 0.6 is 11.5 Å². The number of nitro benzene ring substituents is 1. The van der Waals surface area contributed by atoms with Crippen LogP contribution in [0.15, 0.2) is 140 Å². The number of azo groups is 3.